The van der Waals surface area contributed by atoms with Crippen LogP contribution < -0.4 is 0 Å². The van der Waals surface area contributed by atoms with E-state index in [1.165, 1.54) is 0 Å². The monoisotopic (exact) mass is 896 g/mol. The minimum Gasteiger partial charge on any atom is -0.385 e. The van der Waals surface area contributed by atoms with Gasteiger partial charge in [-0.15, -0.1) is 0 Å². The highest BCUT2D eigenvalue weighted by molar-refractivity contribution is 5.18. The first-order valence-electron chi connectivity index (χ1n) is 22.6. The summed E-state index contributed by atoms with van der Waals surface area (Å²) < 4.78 is 66.3. The number of benzene rings is 6. The van der Waals surface area contributed by atoms with E-state index in [-0.39, 0.29) is 39.6 Å². The molecule has 11 nitrogen and oxygen atoms in total. The number of methoxy groups -OCH3 is 1. The van der Waals surface area contributed by atoms with Crippen molar-refractivity contribution in [1.29, 1.82) is 0 Å². The Kier molecular flexibility index (Phi) is 18.0. The largest absolute Gasteiger partial charge is 0.385 e. The van der Waals surface area contributed by atoms with Crippen LogP contribution in [0.1, 0.15) is 33.4 Å². The van der Waals surface area contributed by atoms with Crippen molar-refractivity contribution in [2.45, 2.75) is 101 Å². The van der Waals surface area contributed by atoms with E-state index in [9.17, 15) is 5.11 Å². The van der Waals surface area contributed by atoms with Gasteiger partial charge in [-0.3, -0.25) is 0 Å². The molecule has 0 aliphatic carbocycles. The number of ether oxygens (including phenoxy) is 10. The molecule has 11 heteroatoms. The number of aliphatic hydroxyl groups excluding tert-OH is 1. The second-order valence-corrected chi connectivity index (χ2v) is 16.5. The zero-order valence-electron chi connectivity index (χ0n) is 37.3. The summed E-state index contributed by atoms with van der Waals surface area (Å²) >= 11 is 0. The van der Waals surface area contributed by atoms with E-state index >= 15 is 0 Å². The lowest BCUT2D eigenvalue weighted by Crippen LogP contribution is -2.66. The number of aliphatic hydroxyl groups is 1. The van der Waals surface area contributed by atoms with Gasteiger partial charge in [0.1, 0.15) is 48.8 Å². The topological polar surface area (TPSA) is 113 Å². The zero-order chi connectivity index (χ0) is 45.2. The lowest BCUT2D eigenvalue weighted by atomic mass is 9.96. The first-order valence-corrected chi connectivity index (χ1v) is 22.6. The molecule has 66 heavy (non-hydrogen) atoms. The summed E-state index contributed by atoms with van der Waals surface area (Å²) in [5.74, 6) is 0. The van der Waals surface area contributed by atoms with Crippen molar-refractivity contribution < 1.29 is 52.5 Å². The lowest BCUT2D eigenvalue weighted by Gasteiger charge is -2.49. The number of rotatable bonds is 23. The molecule has 0 amide bonds. The van der Waals surface area contributed by atoms with Gasteiger partial charge < -0.3 is 52.5 Å². The first-order chi connectivity index (χ1) is 32.6. The molecule has 0 unspecified atom stereocenters. The van der Waals surface area contributed by atoms with Crippen LogP contribution in [0.15, 0.2) is 182 Å². The van der Waals surface area contributed by atoms with E-state index in [4.69, 9.17) is 47.4 Å². The summed E-state index contributed by atoms with van der Waals surface area (Å²) in [6.07, 6.45) is -9.20. The SMILES string of the molecule is CO[C@H]1O[C@H](COCc2ccccc2)[C@@H](OCc2ccccc2)[C@H](OCc2ccccc2)[C@H]1O[C@@H]1O[C@H](COCc2ccccc2)[C@H](OCc2ccccc2)[C@H](OCc2ccccc2)[C@H]1O. The van der Waals surface area contributed by atoms with Crippen LogP contribution in [0.4, 0.5) is 0 Å². The molecule has 6 aromatic carbocycles. The van der Waals surface area contributed by atoms with Crippen LogP contribution in [0.5, 0.6) is 0 Å². The van der Waals surface area contributed by atoms with Crippen LogP contribution in [-0.2, 0) is 87.0 Å². The Morgan fingerprint density at radius 1 is 0.364 bits per heavy atom. The van der Waals surface area contributed by atoms with Gasteiger partial charge >= 0.3 is 0 Å². The third-order valence-corrected chi connectivity index (χ3v) is 11.7. The van der Waals surface area contributed by atoms with Gasteiger partial charge in [0.15, 0.2) is 12.6 Å². The molecule has 0 bridgehead atoms. The molecule has 8 rings (SSSR count). The van der Waals surface area contributed by atoms with Crippen molar-refractivity contribution in [3.05, 3.63) is 215 Å². The smallest absolute Gasteiger partial charge is 0.187 e. The summed E-state index contributed by atoms with van der Waals surface area (Å²) in [4.78, 5) is 0. The average molecular weight is 897 g/mol. The molecule has 0 aromatic heterocycles. The second-order valence-electron chi connectivity index (χ2n) is 16.5. The quantitative estimate of drug-likeness (QED) is 0.0668. The van der Waals surface area contributed by atoms with Gasteiger partial charge in [0, 0.05) is 7.11 Å². The van der Waals surface area contributed by atoms with Gasteiger partial charge in [0.05, 0.1) is 52.9 Å². The van der Waals surface area contributed by atoms with Crippen molar-refractivity contribution in [1.82, 2.24) is 0 Å². The van der Waals surface area contributed by atoms with Gasteiger partial charge in [-0.1, -0.05) is 182 Å². The minimum atomic E-state index is -1.34. The predicted molar refractivity (Wildman–Crippen MR) is 247 cm³/mol. The van der Waals surface area contributed by atoms with E-state index in [0.29, 0.717) is 13.2 Å². The van der Waals surface area contributed by atoms with Gasteiger partial charge in [0.2, 0.25) is 0 Å². The van der Waals surface area contributed by atoms with Crippen molar-refractivity contribution in [2.75, 3.05) is 20.3 Å². The Labute approximate surface area is 388 Å². The van der Waals surface area contributed by atoms with Crippen LogP contribution in [0.3, 0.4) is 0 Å². The third-order valence-electron chi connectivity index (χ3n) is 11.7. The normalized spacial score (nSPS) is 25.4. The Balaban J connectivity index is 1.10. The van der Waals surface area contributed by atoms with Crippen LogP contribution in [0.2, 0.25) is 0 Å². The zero-order valence-corrected chi connectivity index (χ0v) is 37.3. The van der Waals surface area contributed by atoms with Gasteiger partial charge in [-0.25, -0.2) is 0 Å². The van der Waals surface area contributed by atoms with Crippen LogP contribution in [0, 0.1) is 0 Å². The molecule has 6 aromatic rings. The highest BCUT2D eigenvalue weighted by Crippen LogP contribution is 2.35. The van der Waals surface area contributed by atoms with Crippen molar-refractivity contribution in [2.24, 2.45) is 0 Å². The predicted octanol–water partition coefficient (Wildman–Crippen LogP) is 8.60. The van der Waals surface area contributed by atoms with Crippen molar-refractivity contribution >= 4 is 0 Å². The molecule has 1 N–H and O–H groups in total. The molecule has 2 saturated heterocycles. The van der Waals surface area contributed by atoms with E-state index < -0.39 is 61.4 Å². The Morgan fingerprint density at radius 3 is 1.03 bits per heavy atom. The first kappa shape index (κ1) is 47.4. The maximum atomic E-state index is 12.5. The maximum absolute atomic E-state index is 12.5. The standard InChI is InChI=1S/C55H60O11/c1-57-55-53(52(63-37-45-30-18-7-19-31-45)50(61-35-43-26-14-5-15-27-43)47(65-55)39-59-33-41-22-10-3-11-23-41)66-54-48(56)51(62-36-44-28-16-6-17-29-44)49(60-34-42-24-12-4-13-25-42)46(64-54)38-58-32-40-20-8-2-9-21-40/h2-31,46-56H,32-39H2,1H3/t46-,47-,48-,49+,50-,51-,52+,53-,54+,55+/m1/s1. The molecule has 346 valence electrons. The number of hydrogen-bond donors (Lipinski definition) is 1. The highest BCUT2D eigenvalue weighted by atomic mass is 16.8. The third kappa shape index (κ3) is 13.5. The molecule has 2 heterocycles. The fraction of sp³-hybridized carbons (Fsp3) is 0.345. The summed E-state index contributed by atoms with van der Waals surface area (Å²) in [7, 11) is 1.56. The average Bonchev–Trinajstić information content (AvgIpc) is 3.37. The Bertz CT molecular complexity index is 2220. The van der Waals surface area contributed by atoms with Crippen molar-refractivity contribution in [3.8, 4) is 0 Å². The van der Waals surface area contributed by atoms with E-state index in [2.05, 4.69) is 0 Å². The Morgan fingerprint density at radius 2 is 0.667 bits per heavy atom. The van der Waals surface area contributed by atoms with E-state index in [0.717, 1.165) is 33.4 Å². The van der Waals surface area contributed by atoms with Gasteiger partial charge in [0.25, 0.3) is 0 Å². The fourth-order valence-corrected chi connectivity index (χ4v) is 8.23. The fourth-order valence-electron chi connectivity index (χ4n) is 8.23. The van der Waals surface area contributed by atoms with E-state index in [1.807, 2.05) is 182 Å². The molecular formula is C55H60O11. The summed E-state index contributed by atoms with van der Waals surface area (Å²) in [6.45, 7) is 1.93. The molecule has 2 aliphatic heterocycles. The maximum Gasteiger partial charge on any atom is 0.187 e. The Hall–Kier alpha value is -5.12. The van der Waals surface area contributed by atoms with Crippen LogP contribution in [-0.4, -0.2) is 86.8 Å². The van der Waals surface area contributed by atoms with Gasteiger partial charge in [-0.05, 0) is 33.4 Å². The molecule has 0 saturated carbocycles. The minimum absolute atomic E-state index is 0.110. The van der Waals surface area contributed by atoms with Crippen LogP contribution >= 0.6 is 0 Å². The number of hydrogen-bond acceptors (Lipinski definition) is 11. The van der Waals surface area contributed by atoms with Crippen molar-refractivity contribution in [3.63, 3.8) is 0 Å². The summed E-state index contributed by atoms with van der Waals surface area (Å²) in [6, 6.07) is 59.4. The van der Waals surface area contributed by atoms with E-state index in [1.54, 1.807) is 7.11 Å². The van der Waals surface area contributed by atoms with Crippen LogP contribution in [0.25, 0.3) is 0 Å². The lowest BCUT2D eigenvalue weighted by molar-refractivity contribution is -0.377. The molecule has 0 radical (unpaired) electrons. The van der Waals surface area contributed by atoms with Gasteiger partial charge in [-0.2, -0.15) is 0 Å². The summed E-state index contributed by atoms with van der Waals surface area (Å²) in [5, 5.41) is 12.5. The molecule has 2 aliphatic rings. The second kappa shape index (κ2) is 25.1. The molecular weight excluding hydrogens is 837 g/mol. The molecule has 0 spiro atoms. The molecule has 2 fully saturated rings. The summed E-state index contributed by atoms with van der Waals surface area (Å²) in [5.41, 5.74) is 5.84. The highest BCUT2D eigenvalue weighted by Gasteiger charge is 2.54. The molecule has 10 atom stereocenters.